The van der Waals surface area contributed by atoms with Crippen molar-refractivity contribution < 1.29 is 13.9 Å². The number of carbonyl (C=O) groups excluding carboxylic acids is 1. The molecule has 0 aliphatic heterocycles. The Balaban J connectivity index is 0.000000354. The Kier molecular flexibility index (Phi) is 6.27. The van der Waals surface area contributed by atoms with Crippen molar-refractivity contribution in [3.63, 3.8) is 0 Å². The van der Waals surface area contributed by atoms with Gasteiger partial charge in [0.2, 0.25) is 5.78 Å². The molecule has 0 radical (unpaired) electrons. The van der Waals surface area contributed by atoms with Crippen molar-refractivity contribution in [3.05, 3.63) is 110 Å². The van der Waals surface area contributed by atoms with Crippen LogP contribution in [-0.2, 0) is 7.05 Å². The SMILES string of the molecule is COc1ccccc1-c1cccc(-n2cnc(C(=O)c3ccco3)c2)c1.Cn1ccnc1. The zero-order valence-electron chi connectivity index (χ0n) is 17.8. The highest BCUT2D eigenvalue weighted by atomic mass is 16.5. The van der Waals surface area contributed by atoms with Crippen molar-refractivity contribution in [1.82, 2.24) is 19.1 Å². The van der Waals surface area contributed by atoms with Crippen LogP contribution in [0.3, 0.4) is 0 Å². The minimum Gasteiger partial charge on any atom is -0.496 e. The highest BCUT2D eigenvalue weighted by Crippen LogP contribution is 2.30. The molecule has 0 amide bonds. The largest absolute Gasteiger partial charge is 0.496 e. The summed E-state index contributed by atoms with van der Waals surface area (Å²) in [5.41, 5.74) is 3.26. The second kappa shape index (κ2) is 9.61. The van der Waals surface area contributed by atoms with Gasteiger partial charge in [0.15, 0.2) is 5.76 Å². The van der Waals surface area contributed by atoms with Crippen molar-refractivity contribution in [2.24, 2.45) is 7.05 Å². The van der Waals surface area contributed by atoms with Crippen LogP contribution < -0.4 is 4.74 Å². The second-order valence-corrected chi connectivity index (χ2v) is 6.95. The maximum atomic E-state index is 12.3. The molecule has 0 unspecified atom stereocenters. The number of carbonyl (C=O) groups is 1. The first kappa shape index (κ1) is 20.9. The van der Waals surface area contributed by atoms with Crippen LogP contribution in [0, 0.1) is 0 Å². The molecule has 32 heavy (non-hydrogen) atoms. The quantitative estimate of drug-likeness (QED) is 0.378. The van der Waals surface area contributed by atoms with Gasteiger partial charge in [-0.2, -0.15) is 0 Å². The second-order valence-electron chi connectivity index (χ2n) is 6.95. The monoisotopic (exact) mass is 426 g/mol. The van der Waals surface area contributed by atoms with Gasteiger partial charge in [0.25, 0.3) is 0 Å². The number of furan rings is 1. The molecule has 0 spiro atoms. The Labute approximate surface area is 185 Å². The van der Waals surface area contributed by atoms with Crippen molar-refractivity contribution in [2.45, 2.75) is 0 Å². The first-order valence-corrected chi connectivity index (χ1v) is 9.93. The number of para-hydroxylation sites is 1. The van der Waals surface area contributed by atoms with Crippen LogP contribution in [0.25, 0.3) is 16.8 Å². The van der Waals surface area contributed by atoms with E-state index in [1.807, 2.05) is 70.9 Å². The third-order valence-corrected chi connectivity index (χ3v) is 4.76. The zero-order chi connectivity index (χ0) is 22.3. The van der Waals surface area contributed by atoms with Crippen LogP contribution in [0.1, 0.15) is 16.2 Å². The molecule has 0 fully saturated rings. The van der Waals surface area contributed by atoms with Crippen LogP contribution in [0.5, 0.6) is 5.75 Å². The predicted molar refractivity (Wildman–Crippen MR) is 121 cm³/mol. The third kappa shape index (κ3) is 4.67. The van der Waals surface area contributed by atoms with Crippen molar-refractivity contribution in [1.29, 1.82) is 0 Å². The number of imidazole rings is 2. The van der Waals surface area contributed by atoms with E-state index in [4.69, 9.17) is 9.15 Å². The van der Waals surface area contributed by atoms with Crippen LogP contribution in [0.2, 0.25) is 0 Å². The summed E-state index contributed by atoms with van der Waals surface area (Å²) in [6, 6.07) is 19.1. The molecule has 0 N–H and O–H groups in total. The lowest BCUT2D eigenvalue weighted by atomic mass is 10.0. The zero-order valence-corrected chi connectivity index (χ0v) is 17.8. The van der Waals surface area contributed by atoms with Crippen molar-refractivity contribution >= 4 is 5.78 Å². The number of nitrogens with zero attached hydrogens (tertiary/aromatic N) is 4. The minimum atomic E-state index is -0.241. The Hall–Kier alpha value is -4.39. The topological polar surface area (TPSA) is 75.1 Å². The van der Waals surface area contributed by atoms with E-state index < -0.39 is 0 Å². The summed E-state index contributed by atoms with van der Waals surface area (Å²) >= 11 is 0. The normalized spacial score (nSPS) is 10.3. The van der Waals surface area contributed by atoms with Crippen LogP contribution in [0.4, 0.5) is 0 Å². The summed E-state index contributed by atoms with van der Waals surface area (Å²) in [6.07, 6.45) is 10.2. The van der Waals surface area contributed by atoms with Crippen molar-refractivity contribution in [2.75, 3.05) is 7.11 Å². The predicted octanol–water partition coefficient (Wildman–Crippen LogP) is 4.79. The van der Waals surface area contributed by atoms with E-state index in [9.17, 15) is 4.79 Å². The maximum absolute atomic E-state index is 12.3. The third-order valence-electron chi connectivity index (χ3n) is 4.76. The number of hydrogen-bond acceptors (Lipinski definition) is 5. The molecule has 2 aromatic carbocycles. The summed E-state index contributed by atoms with van der Waals surface area (Å²) in [7, 11) is 3.60. The van der Waals surface area contributed by atoms with E-state index in [0.29, 0.717) is 5.69 Å². The summed E-state index contributed by atoms with van der Waals surface area (Å²) < 4.78 is 14.3. The molecule has 0 bridgehead atoms. The number of aryl methyl sites for hydroxylation is 1. The van der Waals surface area contributed by atoms with E-state index in [2.05, 4.69) is 9.97 Å². The molecule has 5 aromatic rings. The first-order chi connectivity index (χ1) is 15.7. The number of aromatic nitrogens is 4. The lowest BCUT2D eigenvalue weighted by Crippen LogP contribution is -1.99. The molecule has 7 nitrogen and oxygen atoms in total. The molecule has 3 heterocycles. The van der Waals surface area contributed by atoms with E-state index in [-0.39, 0.29) is 11.5 Å². The van der Waals surface area contributed by atoms with E-state index >= 15 is 0 Å². The molecule has 7 heteroatoms. The fourth-order valence-electron chi connectivity index (χ4n) is 3.16. The number of benzene rings is 2. The van der Waals surface area contributed by atoms with E-state index in [0.717, 1.165) is 22.6 Å². The van der Waals surface area contributed by atoms with Gasteiger partial charge in [0, 0.05) is 36.9 Å². The molecule has 0 atom stereocenters. The summed E-state index contributed by atoms with van der Waals surface area (Å²) in [4.78, 5) is 20.3. The van der Waals surface area contributed by atoms with Crippen LogP contribution in [-0.4, -0.2) is 32.0 Å². The minimum absolute atomic E-state index is 0.241. The fraction of sp³-hybridized carbons (Fsp3) is 0.0800. The van der Waals surface area contributed by atoms with Gasteiger partial charge in [-0.25, -0.2) is 9.97 Å². The average molecular weight is 426 g/mol. The Morgan fingerprint density at radius 1 is 1.03 bits per heavy atom. The standard InChI is InChI=1S/C21H16N2O3.C4H6N2/c1-25-19-9-3-2-8-17(19)15-6-4-7-16(12-15)23-13-18(22-14-23)21(24)20-10-5-11-26-20;1-6-3-2-5-4-6/h2-14H,1H3;2-4H,1H3. The summed E-state index contributed by atoms with van der Waals surface area (Å²) in [6.45, 7) is 0. The Bertz CT molecular complexity index is 1290. The van der Waals surface area contributed by atoms with Gasteiger partial charge in [-0.3, -0.25) is 4.79 Å². The molecular weight excluding hydrogens is 404 g/mol. The van der Waals surface area contributed by atoms with Gasteiger partial charge in [-0.1, -0.05) is 30.3 Å². The average Bonchev–Trinajstić information content (AvgIpc) is 3.62. The number of hydrogen-bond donors (Lipinski definition) is 0. The molecule has 0 saturated carbocycles. The number of ketones is 1. The number of ether oxygens (including phenoxy) is 1. The number of rotatable bonds is 5. The highest BCUT2D eigenvalue weighted by Gasteiger charge is 2.15. The van der Waals surface area contributed by atoms with Gasteiger partial charge in [0.05, 0.1) is 19.7 Å². The van der Waals surface area contributed by atoms with Gasteiger partial charge in [-0.15, -0.1) is 0 Å². The molecule has 160 valence electrons. The molecule has 3 aromatic heterocycles. The van der Waals surface area contributed by atoms with Crippen LogP contribution >= 0.6 is 0 Å². The fourth-order valence-corrected chi connectivity index (χ4v) is 3.16. The Morgan fingerprint density at radius 2 is 1.91 bits per heavy atom. The molecule has 0 saturated heterocycles. The highest BCUT2D eigenvalue weighted by molar-refractivity contribution is 6.05. The molecule has 0 aliphatic rings. The molecule has 0 aliphatic carbocycles. The smallest absolute Gasteiger partial charge is 0.248 e. The van der Waals surface area contributed by atoms with Gasteiger partial charge >= 0.3 is 0 Å². The van der Waals surface area contributed by atoms with Gasteiger partial charge < -0.3 is 18.3 Å². The lowest BCUT2D eigenvalue weighted by molar-refractivity contribution is 0.100. The maximum Gasteiger partial charge on any atom is 0.248 e. The number of methoxy groups -OCH3 is 1. The van der Waals surface area contributed by atoms with Gasteiger partial charge in [0.1, 0.15) is 17.8 Å². The van der Waals surface area contributed by atoms with Crippen LogP contribution in [0.15, 0.2) is 103 Å². The lowest BCUT2D eigenvalue weighted by Gasteiger charge is -2.10. The summed E-state index contributed by atoms with van der Waals surface area (Å²) in [5.74, 6) is 0.844. The summed E-state index contributed by atoms with van der Waals surface area (Å²) in [5, 5.41) is 0. The van der Waals surface area contributed by atoms with E-state index in [1.54, 1.807) is 44.3 Å². The first-order valence-electron chi connectivity index (χ1n) is 9.93. The van der Waals surface area contributed by atoms with Crippen molar-refractivity contribution in [3.8, 4) is 22.6 Å². The Morgan fingerprint density at radius 3 is 2.59 bits per heavy atom. The molecular formula is C25H22N4O3. The van der Waals surface area contributed by atoms with Gasteiger partial charge in [-0.05, 0) is 35.9 Å². The van der Waals surface area contributed by atoms with E-state index in [1.165, 1.54) is 6.26 Å². The molecule has 5 rings (SSSR count).